The minimum Gasteiger partial charge on any atom is -0.266 e. The average molecular weight is 255 g/mol. The Morgan fingerprint density at radius 1 is 1.38 bits per heavy atom. The highest BCUT2D eigenvalue weighted by molar-refractivity contribution is 7.71. The molecule has 5 heteroatoms. The molecule has 0 aliphatic rings. The molecule has 0 saturated heterocycles. The Kier molecular flexibility index (Phi) is 3.03. The molecule has 0 aliphatic heterocycles. The number of rotatable bonds is 1. The van der Waals surface area contributed by atoms with Gasteiger partial charge in [0, 0.05) is 5.56 Å². The lowest BCUT2D eigenvalue weighted by Gasteiger charge is -2.03. The van der Waals surface area contributed by atoms with Crippen LogP contribution in [-0.2, 0) is 0 Å². The topological polar surface area (TPSA) is 28.7 Å². The zero-order valence-electron chi connectivity index (χ0n) is 8.42. The summed E-state index contributed by atoms with van der Waals surface area (Å²) in [5.41, 5.74) is 1.96. The van der Waals surface area contributed by atoms with E-state index >= 15 is 0 Å². The third-order valence-corrected chi connectivity index (χ3v) is 2.76. The first-order valence-corrected chi connectivity index (χ1v) is 5.38. The first kappa shape index (κ1) is 11.2. The van der Waals surface area contributed by atoms with Gasteiger partial charge in [0.15, 0.2) is 0 Å². The van der Waals surface area contributed by atoms with Crippen molar-refractivity contribution in [2.24, 2.45) is 0 Å². The van der Waals surface area contributed by atoms with Gasteiger partial charge < -0.3 is 0 Å². The monoisotopic (exact) mass is 254 g/mol. The fraction of sp³-hybridized carbons (Fsp3) is 0.0909. The minimum atomic E-state index is -0.264. The molecule has 1 aromatic carbocycles. The van der Waals surface area contributed by atoms with Crippen molar-refractivity contribution in [2.75, 3.05) is 0 Å². The van der Waals surface area contributed by atoms with Crippen LogP contribution in [0.1, 0.15) is 5.56 Å². The number of aromatic nitrogens is 2. The molecule has 0 saturated carbocycles. The van der Waals surface area contributed by atoms with E-state index in [1.165, 1.54) is 6.07 Å². The standard InChI is InChI=1S/C11H8ClFN2S/c1-6-2-3-7(4-9(6)13)8-5-10(12)14-15-11(8)16/h2-5H,1H3,(H,15,16). The minimum absolute atomic E-state index is 0.264. The van der Waals surface area contributed by atoms with E-state index in [-0.39, 0.29) is 5.82 Å². The van der Waals surface area contributed by atoms with Crippen LogP contribution >= 0.6 is 23.8 Å². The first-order chi connectivity index (χ1) is 7.58. The Morgan fingerprint density at radius 2 is 2.12 bits per heavy atom. The number of halogens is 2. The van der Waals surface area contributed by atoms with Crippen molar-refractivity contribution in [3.05, 3.63) is 45.4 Å². The van der Waals surface area contributed by atoms with Crippen molar-refractivity contribution >= 4 is 23.8 Å². The summed E-state index contributed by atoms with van der Waals surface area (Å²) in [6.45, 7) is 1.71. The molecule has 1 N–H and O–H groups in total. The SMILES string of the molecule is Cc1ccc(-c2cc(Cl)n[nH]c2=S)cc1F. The normalized spacial score (nSPS) is 10.4. The second kappa shape index (κ2) is 4.31. The number of benzene rings is 1. The van der Waals surface area contributed by atoms with Gasteiger partial charge in [-0.2, -0.15) is 5.10 Å². The van der Waals surface area contributed by atoms with Crippen LogP contribution in [0, 0.1) is 17.4 Å². The molecule has 1 aromatic heterocycles. The van der Waals surface area contributed by atoms with E-state index in [2.05, 4.69) is 10.2 Å². The molecule has 0 amide bonds. The van der Waals surface area contributed by atoms with E-state index in [9.17, 15) is 4.39 Å². The molecule has 0 radical (unpaired) electrons. The van der Waals surface area contributed by atoms with Crippen molar-refractivity contribution in [2.45, 2.75) is 6.92 Å². The Bertz CT molecular complexity index is 595. The Labute approximate surface area is 102 Å². The molecule has 0 bridgehead atoms. The van der Waals surface area contributed by atoms with Crippen LogP contribution in [0.4, 0.5) is 4.39 Å². The Hall–Kier alpha value is -1.26. The number of nitrogens with zero attached hydrogens (tertiary/aromatic N) is 1. The molecule has 0 aliphatic carbocycles. The molecule has 2 aromatic rings. The lowest BCUT2D eigenvalue weighted by atomic mass is 10.1. The molecule has 0 atom stereocenters. The maximum Gasteiger partial charge on any atom is 0.150 e. The van der Waals surface area contributed by atoms with Crippen LogP contribution in [-0.4, -0.2) is 10.2 Å². The van der Waals surface area contributed by atoms with E-state index < -0.39 is 0 Å². The Balaban J connectivity index is 2.63. The van der Waals surface area contributed by atoms with E-state index in [0.29, 0.717) is 26.5 Å². The molecular formula is C11H8ClFN2S. The predicted molar refractivity (Wildman–Crippen MR) is 64.6 cm³/mol. The molecule has 0 unspecified atom stereocenters. The van der Waals surface area contributed by atoms with E-state index in [1.807, 2.05) is 0 Å². The second-order valence-electron chi connectivity index (χ2n) is 3.40. The molecule has 0 spiro atoms. The van der Waals surface area contributed by atoms with Gasteiger partial charge in [0.05, 0.1) is 0 Å². The lowest BCUT2D eigenvalue weighted by Crippen LogP contribution is -1.89. The molecule has 2 nitrogen and oxygen atoms in total. The third kappa shape index (κ3) is 2.13. The smallest absolute Gasteiger partial charge is 0.150 e. The van der Waals surface area contributed by atoms with E-state index in [0.717, 1.165) is 0 Å². The van der Waals surface area contributed by atoms with Gasteiger partial charge in [-0.05, 0) is 30.2 Å². The fourth-order valence-corrected chi connectivity index (χ4v) is 1.73. The zero-order chi connectivity index (χ0) is 11.7. The summed E-state index contributed by atoms with van der Waals surface area (Å²) < 4.78 is 13.8. The van der Waals surface area contributed by atoms with Gasteiger partial charge in [-0.25, -0.2) is 4.39 Å². The summed E-state index contributed by atoms with van der Waals surface area (Å²) in [5.74, 6) is -0.264. The molecule has 2 rings (SSSR count). The molecule has 1 heterocycles. The summed E-state index contributed by atoms with van der Waals surface area (Å²) in [7, 11) is 0. The zero-order valence-corrected chi connectivity index (χ0v) is 9.99. The van der Waals surface area contributed by atoms with Gasteiger partial charge in [-0.3, -0.25) is 5.10 Å². The van der Waals surface area contributed by atoms with Crippen molar-refractivity contribution in [3.63, 3.8) is 0 Å². The number of hydrogen-bond donors (Lipinski definition) is 1. The van der Waals surface area contributed by atoms with Gasteiger partial charge in [-0.1, -0.05) is 36.0 Å². The van der Waals surface area contributed by atoms with Crippen LogP contribution < -0.4 is 0 Å². The molecule has 16 heavy (non-hydrogen) atoms. The number of nitrogens with one attached hydrogen (secondary N) is 1. The first-order valence-electron chi connectivity index (χ1n) is 4.59. The summed E-state index contributed by atoms with van der Waals surface area (Å²) in [6, 6.07) is 6.55. The fourth-order valence-electron chi connectivity index (χ4n) is 1.36. The highest BCUT2D eigenvalue weighted by Gasteiger charge is 2.05. The van der Waals surface area contributed by atoms with Crippen LogP contribution in [0.25, 0.3) is 11.1 Å². The number of H-pyrrole nitrogens is 1. The predicted octanol–water partition coefficient (Wildman–Crippen LogP) is 3.91. The van der Waals surface area contributed by atoms with Gasteiger partial charge in [-0.15, -0.1) is 0 Å². The van der Waals surface area contributed by atoms with Crippen molar-refractivity contribution in [3.8, 4) is 11.1 Å². The van der Waals surface area contributed by atoms with Crippen LogP contribution in [0.3, 0.4) is 0 Å². The average Bonchev–Trinajstić information content (AvgIpc) is 2.26. The highest BCUT2D eigenvalue weighted by Crippen LogP contribution is 2.23. The second-order valence-corrected chi connectivity index (χ2v) is 4.19. The van der Waals surface area contributed by atoms with Gasteiger partial charge >= 0.3 is 0 Å². The molecular weight excluding hydrogens is 247 g/mol. The quantitative estimate of drug-likeness (QED) is 0.782. The van der Waals surface area contributed by atoms with E-state index in [1.54, 1.807) is 25.1 Å². The molecule has 0 fully saturated rings. The number of aryl methyl sites for hydroxylation is 1. The van der Waals surface area contributed by atoms with Crippen LogP contribution in [0.5, 0.6) is 0 Å². The van der Waals surface area contributed by atoms with Gasteiger partial charge in [0.1, 0.15) is 15.6 Å². The highest BCUT2D eigenvalue weighted by atomic mass is 35.5. The van der Waals surface area contributed by atoms with Crippen LogP contribution in [0.15, 0.2) is 24.3 Å². The van der Waals surface area contributed by atoms with Crippen molar-refractivity contribution < 1.29 is 4.39 Å². The molecule has 82 valence electrons. The summed E-state index contributed by atoms with van der Waals surface area (Å²) in [5, 5.41) is 6.65. The van der Waals surface area contributed by atoms with Crippen molar-refractivity contribution in [1.82, 2.24) is 10.2 Å². The number of hydrogen-bond acceptors (Lipinski definition) is 2. The van der Waals surface area contributed by atoms with Gasteiger partial charge in [0.2, 0.25) is 0 Å². The largest absolute Gasteiger partial charge is 0.266 e. The summed E-state index contributed by atoms with van der Waals surface area (Å²) in [6.07, 6.45) is 0. The lowest BCUT2D eigenvalue weighted by molar-refractivity contribution is 0.619. The van der Waals surface area contributed by atoms with E-state index in [4.69, 9.17) is 23.8 Å². The Morgan fingerprint density at radius 3 is 2.81 bits per heavy atom. The summed E-state index contributed by atoms with van der Waals surface area (Å²) in [4.78, 5) is 0. The maximum atomic E-state index is 13.4. The number of aromatic amines is 1. The van der Waals surface area contributed by atoms with Gasteiger partial charge in [0.25, 0.3) is 0 Å². The van der Waals surface area contributed by atoms with Crippen molar-refractivity contribution in [1.29, 1.82) is 0 Å². The maximum absolute atomic E-state index is 13.4. The third-order valence-electron chi connectivity index (χ3n) is 2.26. The summed E-state index contributed by atoms with van der Waals surface area (Å²) >= 11 is 10.8. The van der Waals surface area contributed by atoms with Crippen LogP contribution in [0.2, 0.25) is 5.15 Å².